The van der Waals surface area contributed by atoms with Crippen LogP contribution in [-0.2, 0) is 9.84 Å². The summed E-state index contributed by atoms with van der Waals surface area (Å²) in [6, 6.07) is 16.9. The molecule has 0 saturated carbocycles. The fraction of sp³-hybridized carbons (Fsp3) is 0.250. The van der Waals surface area contributed by atoms with E-state index in [1.807, 2.05) is 42.5 Å². The third kappa shape index (κ3) is 4.06. The predicted octanol–water partition coefficient (Wildman–Crippen LogP) is 2.58. The Morgan fingerprint density at radius 3 is 2.05 bits per heavy atom. The van der Waals surface area contributed by atoms with Crippen LogP contribution < -0.4 is 10.6 Å². The largest absolute Gasteiger partial charge is 0.341 e. The molecule has 0 atom stereocenters. The summed E-state index contributed by atoms with van der Waals surface area (Å²) in [5.41, 5.74) is 7.64. The van der Waals surface area contributed by atoms with Crippen molar-refractivity contribution >= 4 is 21.2 Å². The van der Waals surface area contributed by atoms with Crippen LogP contribution in [0.5, 0.6) is 0 Å². The number of sulfone groups is 1. The van der Waals surface area contributed by atoms with Crippen LogP contribution in [0.2, 0.25) is 0 Å². The Kier molecular flexibility index (Phi) is 4.98. The highest BCUT2D eigenvalue weighted by Gasteiger charge is 2.11. The minimum atomic E-state index is -3.17. The highest BCUT2D eigenvalue weighted by molar-refractivity contribution is 7.90. The molecule has 21 heavy (non-hydrogen) atoms. The van der Waals surface area contributed by atoms with Crippen molar-refractivity contribution in [1.29, 1.82) is 0 Å². The van der Waals surface area contributed by atoms with Crippen LogP contribution in [0.4, 0.5) is 11.4 Å². The minimum absolute atomic E-state index is 0.332. The van der Waals surface area contributed by atoms with E-state index in [1.54, 1.807) is 12.1 Å². The number of nitrogens with zero attached hydrogens (tertiary/aromatic N) is 1. The third-order valence-corrected chi connectivity index (χ3v) is 4.36. The fourth-order valence-corrected chi connectivity index (χ4v) is 2.77. The van der Waals surface area contributed by atoms with Gasteiger partial charge in [-0.05, 0) is 49.4 Å². The van der Waals surface area contributed by atoms with E-state index in [9.17, 15) is 8.42 Å². The fourth-order valence-electron chi connectivity index (χ4n) is 2.14. The molecule has 0 radical (unpaired) electrons. The van der Waals surface area contributed by atoms with Crippen LogP contribution in [0.1, 0.15) is 6.42 Å². The van der Waals surface area contributed by atoms with E-state index in [4.69, 9.17) is 5.73 Å². The maximum absolute atomic E-state index is 11.5. The van der Waals surface area contributed by atoms with Crippen molar-refractivity contribution in [3.8, 4) is 0 Å². The maximum Gasteiger partial charge on any atom is 0.175 e. The summed E-state index contributed by atoms with van der Waals surface area (Å²) in [5.74, 6) is 0. The summed E-state index contributed by atoms with van der Waals surface area (Å²) in [7, 11) is -3.17. The van der Waals surface area contributed by atoms with Crippen molar-refractivity contribution < 1.29 is 8.42 Å². The quantitative estimate of drug-likeness (QED) is 0.891. The molecule has 0 saturated heterocycles. The molecule has 2 rings (SSSR count). The van der Waals surface area contributed by atoms with Gasteiger partial charge in [0.05, 0.1) is 4.90 Å². The van der Waals surface area contributed by atoms with Gasteiger partial charge in [0.2, 0.25) is 0 Å². The van der Waals surface area contributed by atoms with Crippen LogP contribution in [0.25, 0.3) is 0 Å². The van der Waals surface area contributed by atoms with Gasteiger partial charge in [-0.2, -0.15) is 0 Å². The highest BCUT2D eigenvalue weighted by Crippen LogP contribution is 2.26. The SMILES string of the molecule is CS(=O)(=O)c1ccc(N(CCCN)c2ccccc2)cc1. The van der Waals surface area contributed by atoms with E-state index < -0.39 is 9.84 Å². The Balaban J connectivity index is 2.33. The van der Waals surface area contributed by atoms with Crippen molar-refractivity contribution in [2.24, 2.45) is 5.73 Å². The number of para-hydroxylation sites is 1. The van der Waals surface area contributed by atoms with E-state index >= 15 is 0 Å². The first-order valence-corrected chi connectivity index (χ1v) is 8.74. The van der Waals surface area contributed by atoms with Gasteiger partial charge in [-0.25, -0.2) is 8.42 Å². The van der Waals surface area contributed by atoms with Crippen LogP contribution in [0.15, 0.2) is 59.5 Å². The minimum Gasteiger partial charge on any atom is -0.341 e. The second-order valence-electron chi connectivity index (χ2n) is 4.90. The number of hydrogen-bond donors (Lipinski definition) is 1. The first-order valence-electron chi connectivity index (χ1n) is 6.85. The molecule has 0 aromatic heterocycles. The molecule has 0 unspecified atom stereocenters. The summed E-state index contributed by atoms with van der Waals surface area (Å²) >= 11 is 0. The Labute approximate surface area is 126 Å². The van der Waals surface area contributed by atoms with Gasteiger partial charge in [0, 0.05) is 24.2 Å². The Bertz CT molecular complexity index is 667. The lowest BCUT2D eigenvalue weighted by Crippen LogP contribution is -2.20. The molecular formula is C16H20N2O2S. The zero-order valence-corrected chi connectivity index (χ0v) is 12.9. The molecule has 0 aliphatic heterocycles. The second-order valence-corrected chi connectivity index (χ2v) is 6.91. The van der Waals surface area contributed by atoms with E-state index in [1.165, 1.54) is 6.26 Å². The van der Waals surface area contributed by atoms with Gasteiger partial charge >= 0.3 is 0 Å². The van der Waals surface area contributed by atoms with Crippen molar-refractivity contribution in [2.45, 2.75) is 11.3 Å². The number of rotatable bonds is 6. The van der Waals surface area contributed by atoms with Gasteiger partial charge in [-0.3, -0.25) is 0 Å². The average molecular weight is 304 g/mol. The lowest BCUT2D eigenvalue weighted by molar-refractivity contribution is 0.602. The molecule has 0 heterocycles. The molecule has 2 aromatic carbocycles. The average Bonchev–Trinajstić information content (AvgIpc) is 2.48. The monoisotopic (exact) mass is 304 g/mol. The Morgan fingerprint density at radius 2 is 1.52 bits per heavy atom. The summed E-state index contributed by atoms with van der Waals surface area (Å²) < 4.78 is 23.1. The zero-order chi connectivity index (χ0) is 15.3. The van der Waals surface area contributed by atoms with E-state index in [0.29, 0.717) is 11.4 Å². The highest BCUT2D eigenvalue weighted by atomic mass is 32.2. The smallest absolute Gasteiger partial charge is 0.175 e. The van der Waals surface area contributed by atoms with Gasteiger partial charge in [0.15, 0.2) is 9.84 Å². The number of nitrogens with two attached hydrogens (primary N) is 1. The second kappa shape index (κ2) is 6.74. The van der Waals surface area contributed by atoms with Crippen LogP contribution in [0, 0.1) is 0 Å². The van der Waals surface area contributed by atoms with Gasteiger partial charge < -0.3 is 10.6 Å². The molecule has 0 spiro atoms. The molecule has 2 aromatic rings. The maximum atomic E-state index is 11.5. The van der Waals surface area contributed by atoms with Crippen molar-refractivity contribution in [2.75, 3.05) is 24.2 Å². The first-order chi connectivity index (χ1) is 10.0. The van der Waals surface area contributed by atoms with E-state index in [-0.39, 0.29) is 0 Å². The summed E-state index contributed by atoms with van der Waals surface area (Å²) in [4.78, 5) is 2.47. The van der Waals surface area contributed by atoms with E-state index in [2.05, 4.69) is 4.90 Å². The lowest BCUT2D eigenvalue weighted by atomic mass is 10.2. The number of benzene rings is 2. The molecule has 0 aliphatic carbocycles. The van der Waals surface area contributed by atoms with Crippen molar-refractivity contribution in [3.63, 3.8) is 0 Å². The molecule has 4 nitrogen and oxygen atoms in total. The first kappa shape index (κ1) is 15.5. The van der Waals surface area contributed by atoms with Gasteiger partial charge in [0.25, 0.3) is 0 Å². The molecule has 0 fully saturated rings. The van der Waals surface area contributed by atoms with Gasteiger partial charge in [-0.1, -0.05) is 18.2 Å². The predicted molar refractivity (Wildman–Crippen MR) is 86.7 cm³/mol. The molecule has 112 valence electrons. The molecule has 5 heteroatoms. The molecule has 0 amide bonds. The van der Waals surface area contributed by atoms with Gasteiger partial charge in [0.1, 0.15) is 0 Å². The summed E-state index contributed by atoms with van der Waals surface area (Å²) in [6.45, 7) is 1.41. The number of anilines is 2. The Morgan fingerprint density at radius 1 is 0.952 bits per heavy atom. The normalized spacial score (nSPS) is 11.3. The Hall–Kier alpha value is -1.85. The van der Waals surface area contributed by atoms with Crippen LogP contribution in [-0.4, -0.2) is 27.8 Å². The molecular weight excluding hydrogens is 284 g/mol. The topological polar surface area (TPSA) is 63.4 Å². The van der Waals surface area contributed by atoms with Crippen molar-refractivity contribution in [3.05, 3.63) is 54.6 Å². The van der Waals surface area contributed by atoms with Crippen LogP contribution >= 0.6 is 0 Å². The lowest BCUT2D eigenvalue weighted by Gasteiger charge is -2.25. The molecule has 2 N–H and O–H groups in total. The summed E-state index contributed by atoms with van der Waals surface area (Å²) in [5, 5.41) is 0. The molecule has 0 aliphatic rings. The van der Waals surface area contributed by atoms with Crippen LogP contribution in [0.3, 0.4) is 0 Å². The summed E-state index contributed by atoms with van der Waals surface area (Å²) in [6.07, 6.45) is 2.08. The standard InChI is InChI=1S/C16H20N2O2S/c1-21(19,20)16-10-8-15(9-11-16)18(13-5-12-17)14-6-3-2-4-7-14/h2-4,6-11H,5,12-13,17H2,1H3. The van der Waals surface area contributed by atoms with Gasteiger partial charge in [-0.15, -0.1) is 0 Å². The van der Waals surface area contributed by atoms with Crippen molar-refractivity contribution in [1.82, 2.24) is 0 Å². The number of hydrogen-bond acceptors (Lipinski definition) is 4. The third-order valence-electron chi connectivity index (χ3n) is 3.23. The zero-order valence-electron chi connectivity index (χ0n) is 12.1. The van der Waals surface area contributed by atoms with E-state index in [0.717, 1.165) is 24.3 Å². The molecule has 0 bridgehead atoms.